The van der Waals surface area contributed by atoms with Crippen molar-refractivity contribution in [2.24, 2.45) is 5.41 Å². The molecule has 0 bridgehead atoms. The lowest BCUT2D eigenvalue weighted by Crippen LogP contribution is -2.18. The first-order valence-electron chi connectivity index (χ1n) is 13.6. The first-order valence-corrected chi connectivity index (χ1v) is 13.6. The van der Waals surface area contributed by atoms with Crippen molar-refractivity contribution >= 4 is 22.8 Å². The molecule has 198 valence electrons. The quantitative estimate of drug-likeness (QED) is 0.260. The highest BCUT2D eigenvalue weighted by molar-refractivity contribution is 5.99. The molecule has 2 saturated carbocycles. The Kier molecular flexibility index (Phi) is 6.09. The van der Waals surface area contributed by atoms with E-state index in [0.717, 1.165) is 30.5 Å². The van der Waals surface area contributed by atoms with Gasteiger partial charge in [-0.2, -0.15) is 0 Å². The van der Waals surface area contributed by atoms with Crippen LogP contribution in [0.1, 0.15) is 85.2 Å². The Labute approximate surface area is 223 Å². The largest absolute Gasteiger partial charge is 0.497 e. The lowest BCUT2D eigenvalue weighted by molar-refractivity contribution is -0.142. The van der Waals surface area contributed by atoms with Gasteiger partial charge in [0.15, 0.2) is 0 Å². The van der Waals surface area contributed by atoms with E-state index in [9.17, 15) is 9.59 Å². The summed E-state index contributed by atoms with van der Waals surface area (Å²) in [6, 6.07) is 12.3. The summed E-state index contributed by atoms with van der Waals surface area (Å²) < 4.78 is 18.5. The van der Waals surface area contributed by atoms with Gasteiger partial charge in [-0.15, -0.1) is 0 Å². The molecule has 0 saturated heterocycles. The van der Waals surface area contributed by atoms with E-state index in [0.29, 0.717) is 30.2 Å². The highest BCUT2D eigenvalue weighted by Gasteiger charge is 2.58. The second-order valence-electron chi connectivity index (χ2n) is 11.3. The van der Waals surface area contributed by atoms with Crippen LogP contribution in [0.25, 0.3) is 22.2 Å². The lowest BCUT2D eigenvalue weighted by atomic mass is 9.81. The third-order valence-electron chi connectivity index (χ3n) is 8.90. The Bertz CT molecular complexity index is 1460. The maximum Gasteiger partial charge on any atom is 0.343 e. The fourth-order valence-electron chi connectivity index (χ4n) is 7.04. The van der Waals surface area contributed by atoms with Crippen molar-refractivity contribution in [3.63, 3.8) is 0 Å². The fraction of sp³-hybridized carbons (Fsp3) is 0.438. The zero-order valence-electron chi connectivity index (χ0n) is 22.5. The number of fused-ring (bicyclic) bond motifs is 7. The summed E-state index contributed by atoms with van der Waals surface area (Å²) in [6.45, 7) is 6.10. The first-order chi connectivity index (χ1) is 18.3. The minimum atomic E-state index is -0.401. The highest BCUT2D eigenvalue weighted by atomic mass is 16.5. The van der Waals surface area contributed by atoms with Gasteiger partial charge in [-0.1, -0.05) is 31.9 Å². The van der Waals surface area contributed by atoms with Crippen LogP contribution in [0.15, 0.2) is 48.7 Å². The number of methoxy groups -OCH3 is 2. The van der Waals surface area contributed by atoms with Crippen LogP contribution in [0, 0.1) is 5.41 Å². The van der Waals surface area contributed by atoms with E-state index in [2.05, 4.69) is 29.3 Å². The molecule has 1 aliphatic heterocycles. The van der Waals surface area contributed by atoms with Gasteiger partial charge in [0.05, 0.1) is 37.7 Å². The summed E-state index contributed by atoms with van der Waals surface area (Å²) >= 11 is 0. The van der Waals surface area contributed by atoms with Gasteiger partial charge < -0.3 is 18.8 Å². The van der Waals surface area contributed by atoms with E-state index in [1.807, 2.05) is 18.2 Å². The van der Waals surface area contributed by atoms with Gasteiger partial charge >= 0.3 is 11.9 Å². The van der Waals surface area contributed by atoms with Crippen LogP contribution in [0.4, 0.5) is 0 Å². The number of hydrogen-bond donors (Lipinski definition) is 0. The number of carbonyl (C=O) groups is 2. The molecule has 2 atom stereocenters. The van der Waals surface area contributed by atoms with Gasteiger partial charge in [0.2, 0.25) is 0 Å². The molecule has 2 aliphatic carbocycles. The molecule has 2 heterocycles. The predicted octanol–water partition coefficient (Wildman–Crippen LogP) is 7.11. The summed E-state index contributed by atoms with van der Waals surface area (Å²) in [6.07, 6.45) is 7.33. The summed E-state index contributed by atoms with van der Waals surface area (Å²) in [7, 11) is 3.16. The zero-order chi connectivity index (χ0) is 26.6. The van der Waals surface area contributed by atoms with E-state index < -0.39 is 5.97 Å². The Morgan fingerprint density at radius 2 is 1.87 bits per heavy atom. The smallest absolute Gasteiger partial charge is 0.343 e. The second kappa shape index (κ2) is 9.33. The number of nitrogens with zero attached hydrogens (tertiary/aromatic N) is 1. The van der Waals surface area contributed by atoms with Gasteiger partial charge in [0, 0.05) is 28.4 Å². The fourth-order valence-corrected chi connectivity index (χ4v) is 7.04. The molecular weight excluding hydrogens is 478 g/mol. The normalized spacial score (nSPS) is 22.0. The standard InChI is InChI=1S/C32H35NO5/c1-19(2)38-31(35)21-10-12-24-27(14-21)33-18-32(17-28(34)37-4)16-26(32)25-15-22(36-3)11-13-23(25)30(33)29(24)20-8-6-5-7-9-20/h10-15,20,26H,1,5-9,16-18H2,2-4H3. The van der Waals surface area contributed by atoms with Crippen molar-refractivity contribution in [3.8, 4) is 17.0 Å². The predicted molar refractivity (Wildman–Crippen MR) is 146 cm³/mol. The van der Waals surface area contributed by atoms with E-state index in [1.165, 1.54) is 54.1 Å². The second-order valence-corrected chi connectivity index (χ2v) is 11.3. The zero-order valence-corrected chi connectivity index (χ0v) is 22.5. The highest BCUT2D eigenvalue weighted by Crippen LogP contribution is 2.67. The molecule has 3 aliphatic rings. The average Bonchev–Trinajstić information content (AvgIpc) is 3.55. The van der Waals surface area contributed by atoms with Crippen molar-refractivity contribution in [3.05, 3.63) is 65.4 Å². The van der Waals surface area contributed by atoms with Crippen LogP contribution in [0.5, 0.6) is 5.75 Å². The van der Waals surface area contributed by atoms with Crippen LogP contribution < -0.4 is 4.74 Å². The minimum Gasteiger partial charge on any atom is -0.497 e. The molecule has 0 spiro atoms. The first kappa shape index (κ1) is 24.8. The van der Waals surface area contributed by atoms with Crippen LogP contribution >= 0.6 is 0 Å². The van der Waals surface area contributed by atoms with Gasteiger partial charge in [-0.25, -0.2) is 4.79 Å². The molecular formula is C32H35NO5. The molecule has 1 aromatic heterocycles. The molecule has 38 heavy (non-hydrogen) atoms. The maximum atomic E-state index is 12.9. The van der Waals surface area contributed by atoms with Crippen molar-refractivity contribution in [1.29, 1.82) is 0 Å². The molecule has 2 unspecified atom stereocenters. The molecule has 0 N–H and O–H groups in total. The number of benzene rings is 2. The van der Waals surface area contributed by atoms with Crippen LogP contribution in [-0.4, -0.2) is 30.7 Å². The monoisotopic (exact) mass is 513 g/mol. The Morgan fingerprint density at radius 1 is 1.08 bits per heavy atom. The molecule has 0 radical (unpaired) electrons. The van der Waals surface area contributed by atoms with E-state index in [4.69, 9.17) is 14.2 Å². The average molecular weight is 514 g/mol. The van der Waals surface area contributed by atoms with E-state index in [1.54, 1.807) is 14.0 Å². The van der Waals surface area contributed by atoms with Gasteiger partial charge in [0.1, 0.15) is 5.75 Å². The van der Waals surface area contributed by atoms with E-state index >= 15 is 0 Å². The molecule has 6 heteroatoms. The Hall–Kier alpha value is -3.54. The SMILES string of the molecule is C=C(C)OC(=O)c1ccc2c(C3CCCCC3)c3n(c2c1)CC1(CC(=O)OC)CC1c1cc(OC)ccc1-3. The number of esters is 2. The molecule has 0 amide bonds. The van der Waals surface area contributed by atoms with Crippen molar-refractivity contribution in [2.75, 3.05) is 14.2 Å². The van der Waals surface area contributed by atoms with Crippen LogP contribution in [0.2, 0.25) is 0 Å². The van der Waals surface area contributed by atoms with Gasteiger partial charge in [-0.3, -0.25) is 4.79 Å². The van der Waals surface area contributed by atoms with Crippen molar-refractivity contribution < 1.29 is 23.8 Å². The molecule has 6 nitrogen and oxygen atoms in total. The van der Waals surface area contributed by atoms with Crippen LogP contribution in [-0.2, 0) is 20.8 Å². The van der Waals surface area contributed by atoms with Crippen molar-refractivity contribution in [1.82, 2.24) is 4.57 Å². The molecule has 6 rings (SSSR count). The molecule has 2 aromatic carbocycles. The number of allylic oxidation sites excluding steroid dienone is 1. The number of rotatable bonds is 6. The van der Waals surface area contributed by atoms with E-state index in [-0.39, 0.29) is 17.3 Å². The summed E-state index contributed by atoms with van der Waals surface area (Å²) in [5, 5.41) is 1.19. The maximum absolute atomic E-state index is 12.9. The summed E-state index contributed by atoms with van der Waals surface area (Å²) in [5.41, 5.74) is 6.35. The summed E-state index contributed by atoms with van der Waals surface area (Å²) in [4.78, 5) is 25.5. The molecule has 2 fully saturated rings. The number of hydrogen-bond acceptors (Lipinski definition) is 5. The van der Waals surface area contributed by atoms with Gasteiger partial charge in [0.25, 0.3) is 0 Å². The third-order valence-corrected chi connectivity index (χ3v) is 8.90. The number of ether oxygens (including phenoxy) is 3. The number of aromatic nitrogens is 1. The van der Waals surface area contributed by atoms with Crippen molar-refractivity contribution in [2.45, 2.75) is 70.3 Å². The minimum absolute atomic E-state index is 0.185. The number of carbonyl (C=O) groups excluding carboxylic acids is 2. The lowest BCUT2D eigenvalue weighted by Gasteiger charge is -2.24. The third kappa shape index (κ3) is 4.01. The Morgan fingerprint density at radius 3 is 2.58 bits per heavy atom. The van der Waals surface area contributed by atoms with Crippen LogP contribution in [0.3, 0.4) is 0 Å². The van der Waals surface area contributed by atoms with Gasteiger partial charge in [-0.05, 0) is 79.5 Å². The Balaban J connectivity index is 1.62. The topological polar surface area (TPSA) is 66.8 Å². The summed E-state index contributed by atoms with van der Waals surface area (Å²) in [5.74, 6) is 1.31. The molecule has 3 aromatic rings.